The lowest BCUT2D eigenvalue weighted by molar-refractivity contribution is 0.0287. The molecule has 3 rings (SSSR count). The largest absolute Gasteiger partial charge is 0.508 e. The van der Waals surface area contributed by atoms with E-state index in [1.54, 1.807) is 27.8 Å². The summed E-state index contributed by atoms with van der Waals surface area (Å²) >= 11 is 0. The molecule has 1 amide bonds. The first-order valence-electron chi connectivity index (χ1n) is 7.82. The highest BCUT2D eigenvalue weighted by Gasteiger charge is 2.30. The van der Waals surface area contributed by atoms with Crippen molar-refractivity contribution in [3.05, 3.63) is 18.2 Å². The minimum absolute atomic E-state index is 0.197. The van der Waals surface area contributed by atoms with Gasteiger partial charge in [-0.3, -0.25) is 0 Å². The summed E-state index contributed by atoms with van der Waals surface area (Å²) in [5, 5.41) is 17.9. The van der Waals surface area contributed by atoms with Crippen molar-refractivity contribution >= 4 is 17.1 Å². The lowest BCUT2D eigenvalue weighted by Crippen LogP contribution is -2.35. The van der Waals surface area contributed by atoms with E-state index in [2.05, 4.69) is 10.3 Å². The molecule has 1 aliphatic rings. The zero-order valence-corrected chi connectivity index (χ0v) is 13.7. The Labute approximate surface area is 134 Å². The van der Waals surface area contributed by atoms with Gasteiger partial charge in [0.15, 0.2) is 0 Å². The van der Waals surface area contributed by atoms with E-state index < -0.39 is 5.60 Å². The molecule has 124 valence electrons. The standard InChI is InChI=1S/C16H22N4O3/c1-16(2,3)23-15(22)19-7-6-11(9-19)10-20-14-8-12(21)4-5-13(14)17-18-20/h4-5,8,11,21H,6-7,9-10H2,1-3H3. The number of carbonyl (C=O) groups excluding carboxylic acids is 1. The lowest BCUT2D eigenvalue weighted by atomic mass is 10.1. The van der Waals surface area contributed by atoms with E-state index in [4.69, 9.17) is 4.74 Å². The fourth-order valence-corrected chi connectivity index (χ4v) is 2.81. The molecule has 2 heterocycles. The number of aromatic hydroxyl groups is 1. The van der Waals surface area contributed by atoms with Gasteiger partial charge in [-0.15, -0.1) is 5.10 Å². The Morgan fingerprint density at radius 2 is 2.22 bits per heavy atom. The number of hydrogen-bond donors (Lipinski definition) is 1. The minimum atomic E-state index is -0.477. The molecule has 7 heteroatoms. The van der Waals surface area contributed by atoms with Crippen LogP contribution in [0.4, 0.5) is 4.79 Å². The molecule has 1 atom stereocenters. The molecule has 7 nitrogen and oxygen atoms in total. The maximum atomic E-state index is 12.1. The van der Waals surface area contributed by atoms with Crippen LogP contribution in [-0.2, 0) is 11.3 Å². The second-order valence-electron chi connectivity index (χ2n) is 7.03. The molecule has 1 aromatic carbocycles. The van der Waals surface area contributed by atoms with Crippen molar-refractivity contribution in [3.63, 3.8) is 0 Å². The summed E-state index contributed by atoms with van der Waals surface area (Å²) in [4.78, 5) is 13.8. The van der Waals surface area contributed by atoms with Gasteiger partial charge >= 0.3 is 6.09 Å². The summed E-state index contributed by atoms with van der Waals surface area (Å²) in [6, 6.07) is 5.01. The van der Waals surface area contributed by atoms with Gasteiger partial charge in [0.05, 0.1) is 5.52 Å². The number of ether oxygens (including phenoxy) is 1. The van der Waals surface area contributed by atoms with Crippen LogP contribution in [0.3, 0.4) is 0 Å². The molecule has 23 heavy (non-hydrogen) atoms. The first-order valence-corrected chi connectivity index (χ1v) is 7.82. The Kier molecular flexibility index (Phi) is 3.87. The van der Waals surface area contributed by atoms with Crippen LogP contribution in [0.15, 0.2) is 18.2 Å². The number of phenols is 1. The zero-order valence-electron chi connectivity index (χ0n) is 13.7. The van der Waals surface area contributed by atoms with Crippen LogP contribution >= 0.6 is 0 Å². The van der Waals surface area contributed by atoms with Gasteiger partial charge in [-0.2, -0.15) is 0 Å². The summed E-state index contributed by atoms with van der Waals surface area (Å²) in [6.45, 7) is 7.61. The molecule has 1 unspecified atom stereocenters. The monoisotopic (exact) mass is 318 g/mol. The van der Waals surface area contributed by atoms with E-state index in [0.717, 1.165) is 17.5 Å². The summed E-state index contributed by atoms with van der Waals surface area (Å²) < 4.78 is 7.20. The third-order valence-corrected chi connectivity index (χ3v) is 3.87. The molecule has 0 spiro atoms. The Morgan fingerprint density at radius 1 is 1.43 bits per heavy atom. The summed E-state index contributed by atoms with van der Waals surface area (Å²) in [6.07, 6.45) is 0.639. The van der Waals surface area contributed by atoms with E-state index in [1.807, 2.05) is 20.8 Å². The highest BCUT2D eigenvalue weighted by molar-refractivity contribution is 5.75. The van der Waals surface area contributed by atoms with E-state index >= 15 is 0 Å². The first-order chi connectivity index (χ1) is 10.8. The third-order valence-electron chi connectivity index (χ3n) is 3.87. The van der Waals surface area contributed by atoms with Crippen LogP contribution in [0.5, 0.6) is 5.75 Å². The SMILES string of the molecule is CC(C)(C)OC(=O)N1CCC(Cn2nnc3ccc(O)cc32)C1. The molecule has 0 aliphatic carbocycles. The quantitative estimate of drug-likeness (QED) is 0.919. The minimum Gasteiger partial charge on any atom is -0.508 e. The van der Waals surface area contributed by atoms with E-state index in [-0.39, 0.29) is 11.8 Å². The average Bonchev–Trinajstić information content (AvgIpc) is 3.05. The Hall–Kier alpha value is -2.31. The molecule has 1 N–H and O–H groups in total. The van der Waals surface area contributed by atoms with Crippen LogP contribution in [0.2, 0.25) is 0 Å². The van der Waals surface area contributed by atoms with Crippen molar-refractivity contribution in [2.75, 3.05) is 13.1 Å². The van der Waals surface area contributed by atoms with Gasteiger partial charge in [-0.25, -0.2) is 9.48 Å². The van der Waals surface area contributed by atoms with Gasteiger partial charge in [0.1, 0.15) is 16.9 Å². The molecule has 0 radical (unpaired) electrons. The van der Waals surface area contributed by atoms with E-state index in [9.17, 15) is 9.90 Å². The molecule has 1 saturated heterocycles. The highest BCUT2D eigenvalue weighted by Crippen LogP contribution is 2.23. The third kappa shape index (κ3) is 3.55. The van der Waals surface area contributed by atoms with Crippen LogP contribution in [0, 0.1) is 5.92 Å². The zero-order chi connectivity index (χ0) is 16.6. The average molecular weight is 318 g/mol. The number of aromatic nitrogens is 3. The number of phenolic OH excluding ortho intramolecular Hbond substituents is 1. The second-order valence-corrected chi connectivity index (χ2v) is 7.03. The number of benzene rings is 1. The number of hydrogen-bond acceptors (Lipinski definition) is 5. The predicted molar refractivity (Wildman–Crippen MR) is 85.1 cm³/mol. The van der Waals surface area contributed by atoms with Crippen molar-refractivity contribution in [3.8, 4) is 5.75 Å². The number of likely N-dealkylation sites (tertiary alicyclic amines) is 1. The Bertz CT molecular complexity index is 720. The molecule has 0 saturated carbocycles. The maximum absolute atomic E-state index is 12.1. The number of fused-ring (bicyclic) bond motifs is 1. The molecule has 1 aromatic heterocycles. The Balaban J connectivity index is 1.65. The number of amides is 1. The van der Waals surface area contributed by atoms with Crippen LogP contribution in [-0.4, -0.2) is 49.8 Å². The van der Waals surface area contributed by atoms with Crippen LogP contribution in [0.25, 0.3) is 11.0 Å². The van der Waals surface area contributed by atoms with Crippen molar-refractivity contribution in [1.82, 2.24) is 19.9 Å². The predicted octanol–water partition coefficient (Wildman–Crippen LogP) is 2.39. The summed E-state index contributed by atoms with van der Waals surface area (Å²) in [5.74, 6) is 0.498. The first kappa shape index (κ1) is 15.6. The van der Waals surface area contributed by atoms with E-state index in [0.29, 0.717) is 25.6 Å². The molecule has 0 bridgehead atoms. The van der Waals surface area contributed by atoms with Crippen molar-refractivity contribution in [2.24, 2.45) is 5.92 Å². The molecular formula is C16H22N4O3. The van der Waals surface area contributed by atoms with Crippen LogP contribution in [0.1, 0.15) is 27.2 Å². The van der Waals surface area contributed by atoms with Gasteiger partial charge in [0.2, 0.25) is 0 Å². The maximum Gasteiger partial charge on any atom is 0.410 e. The molecule has 2 aromatic rings. The summed E-state index contributed by atoms with van der Waals surface area (Å²) in [5.41, 5.74) is 1.08. The highest BCUT2D eigenvalue weighted by atomic mass is 16.6. The topological polar surface area (TPSA) is 80.5 Å². The molecule has 1 aliphatic heterocycles. The van der Waals surface area contributed by atoms with Gasteiger partial charge < -0.3 is 14.7 Å². The van der Waals surface area contributed by atoms with Crippen LogP contribution < -0.4 is 0 Å². The second kappa shape index (κ2) is 5.72. The fourth-order valence-electron chi connectivity index (χ4n) is 2.81. The van der Waals surface area contributed by atoms with Crippen molar-refractivity contribution in [2.45, 2.75) is 39.3 Å². The lowest BCUT2D eigenvalue weighted by Gasteiger charge is -2.24. The molecular weight excluding hydrogens is 296 g/mol. The Morgan fingerprint density at radius 3 is 2.96 bits per heavy atom. The summed E-state index contributed by atoms with van der Waals surface area (Å²) in [7, 11) is 0. The fraction of sp³-hybridized carbons (Fsp3) is 0.562. The smallest absolute Gasteiger partial charge is 0.410 e. The number of nitrogens with zero attached hydrogens (tertiary/aromatic N) is 4. The van der Waals surface area contributed by atoms with Gasteiger partial charge in [-0.05, 0) is 45.2 Å². The van der Waals surface area contributed by atoms with Gasteiger partial charge in [0.25, 0.3) is 0 Å². The normalized spacial score (nSPS) is 18.6. The van der Waals surface area contributed by atoms with Gasteiger partial charge in [-0.1, -0.05) is 5.21 Å². The number of carbonyl (C=O) groups is 1. The van der Waals surface area contributed by atoms with E-state index in [1.165, 1.54) is 0 Å². The number of rotatable bonds is 2. The van der Waals surface area contributed by atoms with Crippen molar-refractivity contribution < 1.29 is 14.6 Å². The molecule has 1 fully saturated rings. The van der Waals surface area contributed by atoms with Gasteiger partial charge in [0, 0.05) is 25.7 Å². The van der Waals surface area contributed by atoms with Crippen molar-refractivity contribution in [1.29, 1.82) is 0 Å².